The zero-order valence-corrected chi connectivity index (χ0v) is 20.5. The molecule has 1 aromatic heterocycles. The molecule has 1 atom stereocenters. The maximum absolute atomic E-state index is 14.9. The van der Waals surface area contributed by atoms with Crippen molar-refractivity contribution in [1.29, 1.82) is 5.26 Å². The van der Waals surface area contributed by atoms with Gasteiger partial charge in [0.2, 0.25) is 0 Å². The number of ether oxygens (including phenoxy) is 1. The molecular weight excluding hydrogens is 465 g/mol. The molecule has 1 aliphatic rings. The molecule has 3 aromatic rings. The molecule has 182 valence electrons. The van der Waals surface area contributed by atoms with Gasteiger partial charge in [0.05, 0.1) is 17.7 Å². The summed E-state index contributed by atoms with van der Waals surface area (Å²) in [6.45, 7) is 4.60. The molecule has 0 saturated heterocycles. The fourth-order valence-electron chi connectivity index (χ4n) is 4.50. The first kappa shape index (κ1) is 25.1. The summed E-state index contributed by atoms with van der Waals surface area (Å²) in [6.07, 6.45) is 1.31. The van der Waals surface area contributed by atoms with Crippen LogP contribution in [0.5, 0.6) is 5.75 Å². The fraction of sp³-hybridized carbons (Fsp3) is 0.321. The van der Waals surface area contributed by atoms with Gasteiger partial charge in [0.25, 0.3) is 0 Å². The SMILES string of the molecule is CC1(C)CCC=C1c1c(COc2cccc([C@H](O)CC(O)O)c2)csc1-c1cc(C#N)ccc1F. The second-order valence-electron chi connectivity index (χ2n) is 9.41. The number of hydrogen-bond acceptors (Lipinski definition) is 6. The third-order valence-corrected chi connectivity index (χ3v) is 7.46. The van der Waals surface area contributed by atoms with E-state index in [1.807, 2.05) is 5.38 Å². The first-order valence-electron chi connectivity index (χ1n) is 11.5. The van der Waals surface area contributed by atoms with Gasteiger partial charge in [-0.1, -0.05) is 32.1 Å². The first-order valence-corrected chi connectivity index (χ1v) is 12.4. The highest BCUT2D eigenvalue weighted by atomic mass is 32.1. The van der Waals surface area contributed by atoms with Crippen molar-refractivity contribution in [3.05, 3.63) is 82.0 Å². The largest absolute Gasteiger partial charge is 0.489 e. The number of halogens is 1. The number of aliphatic hydroxyl groups is 3. The van der Waals surface area contributed by atoms with Crippen molar-refractivity contribution in [1.82, 2.24) is 0 Å². The van der Waals surface area contributed by atoms with Gasteiger partial charge in [0.1, 0.15) is 18.2 Å². The van der Waals surface area contributed by atoms with Crippen LogP contribution in [0.1, 0.15) is 61.5 Å². The molecule has 0 spiro atoms. The summed E-state index contributed by atoms with van der Waals surface area (Å²) in [5, 5.41) is 39.8. The molecule has 35 heavy (non-hydrogen) atoms. The number of hydrogen-bond donors (Lipinski definition) is 3. The van der Waals surface area contributed by atoms with Crippen molar-refractivity contribution in [2.24, 2.45) is 5.41 Å². The maximum atomic E-state index is 14.9. The second kappa shape index (κ2) is 10.3. The van der Waals surface area contributed by atoms with Crippen LogP contribution >= 0.6 is 11.3 Å². The van der Waals surface area contributed by atoms with E-state index in [1.54, 1.807) is 30.3 Å². The Balaban J connectivity index is 1.69. The molecule has 0 radical (unpaired) electrons. The molecule has 0 bridgehead atoms. The van der Waals surface area contributed by atoms with Crippen LogP contribution in [0, 0.1) is 22.6 Å². The number of benzene rings is 2. The summed E-state index contributed by atoms with van der Waals surface area (Å²) in [5.74, 6) is 0.161. The molecule has 0 unspecified atom stereocenters. The summed E-state index contributed by atoms with van der Waals surface area (Å²) < 4.78 is 21.0. The van der Waals surface area contributed by atoms with E-state index in [0.29, 0.717) is 22.4 Å². The van der Waals surface area contributed by atoms with Gasteiger partial charge in [-0.2, -0.15) is 5.26 Å². The van der Waals surface area contributed by atoms with Crippen LogP contribution in [0.2, 0.25) is 0 Å². The summed E-state index contributed by atoms with van der Waals surface area (Å²) in [5.41, 5.74) is 4.28. The highest BCUT2D eigenvalue weighted by molar-refractivity contribution is 7.14. The topological polar surface area (TPSA) is 93.7 Å². The lowest BCUT2D eigenvalue weighted by molar-refractivity contribution is -0.0704. The number of nitriles is 1. The van der Waals surface area contributed by atoms with Gasteiger partial charge in [0, 0.05) is 28.0 Å². The minimum Gasteiger partial charge on any atom is -0.489 e. The third-order valence-electron chi connectivity index (χ3n) is 6.39. The Morgan fingerprint density at radius 1 is 1.17 bits per heavy atom. The van der Waals surface area contributed by atoms with E-state index in [-0.39, 0.29) is 24.3 Å². The Labute approximate surface area is 208 Å². The van der Waals surface area contributed by atoms with Gasteiger partial charge >= 0.3 is 0 Å². The van der Waals surface area contributed by atoms with Gasteiger partial charge < -0.3 is 20.1 Å². The van der Waals surface area contributed by atoms with Crippen LogP contribution in [0.25, 0.3) is 16.0 Å². The zero-order valence-electron chi connectivity index (χ0n) is 19.7. The van der Waals surface area contributed by atoms with Crippen molar-refractivity contribution >= 4 is 16.9 Å². The Morgan fingerprint density at radius 3 is 2.66 bits per heavy atom. The quantitative estimate of drug-likeness (QED) is 0.338. The summed E-state index contributed by atoms with van der Waals surface area (Å²) >= 11 is 1.43. The van der Waals surface area contributed by atoms with Crippen LogP contribution in [0.15, 0.2) is 53.9 Å². The predicted octanol–water partition coefficient (Wildman–Crippen LogP) is 5.94. The molecule has 0 amide bonds. The minimum atomic E-state index is -1.61. The van der Waals surface area contributed by atoms with E-state index in [2.05, 4.69) is 26.0 Å². The van der Waals surface area contributed by atoms with Crippen molar-refractivity contribution in [2.75, 3.05) is 0 Å². The Hall–Kier alpha value is -3.02. The molecule has 0 aliphatic heterocycles. The van der Waals surface area contributed by atoms with Crippen molar-refractivity contribution in [3.8, 4) is 22.3 Å². The normalized spacial score (nSPS) is 15.7. The lowest BCUT2D eigenvalue weighted by Gasteiger charge is -2.24. The van der Waals surface area contributed by atoms with E-state index >= 15 is 0 Å². The molecular formula is C28H28FNO4S. The van der Waals surface area contributed by atoms with E-state index in [9.17, 15) is 14.8 Å². The Bertz CT molecular complexity index is 1290. The van der Waals surface area contributed by atoms with Gasteiger partial charge in [-0.15, -0.1) is 11.3 Å². The Kier molecular flexibility index (Phi) is 7.39. The van der Waals surface area contributed by atoms with E-state index < -0.39 is 12.4 Å². The highest BCUT2D eigenvalue weighted by Gasteiger charge is 2.33. The molecule has 4 rings (SSSR count). The minimum absolute atomic E-state index is 0.0803. The lowest BCUT2D eigenvalue weighted by atomic mass is 9.80. The fourth-order valence-corrected chi connectivity index (χ4v) is 5.59. The highest BCUT2D eigenvalue weighted by Crippen LogP contribution is 2.50. The summed E-state index contributed by atoms with van der Waals surface area (Å²) in [6, 6.07) is 13.4. The lowest BCUT2D eigenvalue weighted by Crippen LogP contribution is -2.11. The van der Waals surface area contributed by atoms with Crippen LogP contribution in [-0.4, -0.2) is 21.6 Å². The first-order chi connectivity index (χ1) is 16.7. The molecule has 5 nitrogen and oxygen atoms in total. The molecule has 7 heteroatoms. The summed E-state index contributed by atoms with van der Waals surface area (Å²) in [4.78, 5) is 0.778. The van der Waals surface area contributed by atoms with Crippen LogP contribution in [0.4, 0.5) is 4.39 Å². The standard InChI is InChI=1S/C28H28FNO4S/c1-28(2)10-4-7-22(28)26-19(16-35-27(26)21-11-17(14-30)8-9-23(21)29)15-34-20-6-3-5-18(12-20)24(31)13-25(32)33/h3,5-9,11-12,16,24-25,31-33H,4,10,13,15H2,1-2H3/t24-/m1/s1. The molecule has 0 fully saturated rings. The van der Waals surface area contributed by atoms with E-state index in [4.69, 9.17) is 14.9 Å². The molecule has 2 aromatic carbocycles. The van der Waals surface area contributed by atoms with Crippen molar-refractivity contribution < 1.29 is 24.4 Å². The van der Waals surface area contributed by atoms with E-state index in [1.165, 1.54) is 23.5 Å². The molecule has 1 heterocycles. The van der Waals surface area contributed by atoms with Crippen molar-refractivity contribution in [3.63, 3.8) is 0 Å². The van der Waals surface area contributed by atoms with Crippen LogP contribution < -0.4 is 4.74 Å². The molecule has 1 aliphatic carbocycles. The average molecular weight is 494 g/mol. The van der Waals surface area contributed by atoms with Gasteiger partial charge in [-0.25, -0.2) is 4.39 Å². The zero-order chi connectivity index (χ0) is 25.2. The smallest absolute Gasteiger partial charge is 0.154 e. The van der Waals surface area contributed by atoms with Gasteiger partial charge in [-0.05, 0) is 65.1 Å². The number of aliphatic hydroxyl groups excluding tert-OH is 2. The maximum Gasteiger partial charge on any atom is 0.154 e. The van der Waals surface area contributed by atoms with E-state index in [0.717, 1.165) is 34.4 Å². The van der Waals surface area contributed by atoms with Gasteiger partial charge in [0.15, 0.2) is 6.29 Å². The van der Waals surface area contributed by atoms with Gasteiger partial charge in [-0.3, -0.25) is 0 Å². The number of allylic oxidation sites excluding steroid dienone is 2. The summed E-state index contributed by atoms with van der Waals surface area (Å²) in [7, 11) is 0. The van der Waals surface area contributed by atoms with Crippen molar-refractivity contribution in [2.45, 2.75) is 52.1 Å². The van der Waals surface area contributed by atoms with Crippen LogP contribution in [-0.2, 0) is 6.61 Å². The number of nitrogens with zero attached hydrogens (tertiary/aromatic N) is 1. The predicted molar refractivity (Wildman–Crippen MR) is 134 cm³/mol. The number of rotatable bonds is 8. The molecule has 0 saturated carbocycles. The Morgan fingerprint density at radius 2 is 1.97 bits per heavy atom. The third kappa shape index (κ3) is 5.47. The molecule has 3 N–H and O–H groups in total. The van der Waals surface area contributed by atoms with Crippen LogP contribution in [0.3, 0.4) is 0 Å². The average Bonchev–Trinajstić information content (AvgIpc) is 3.39. The number of thiophene rings is 1. The second-order valence-corrected chi connectivity index (χ2v) is 10.3. The monoisotopic (exact) mass is 493 g/mol.